The number of carbonyl (C=O) groups excluding carboxylic acids is 2. The number of nitrogens with zero attached hydrogens (tertiary/aromatic N) is 1. The van der Waals surface area contributed by atoms with Crippen LogP contribution in [-0.4, -0.2) is 16.8 Å². The number of benzene rings is 1. The van der Waals surface area contributed by atoms with Gasteiger partial charge in [-0.15, -0.1) is 0 Å². The largest absolute Gasteiger partial charge is 0.545 e. The van der Waals surface area contributed by atoms with Crippen LogP contribution in [-0.2, 0) is 11.2 Å². The van der Waals surface area contributed by atoms with Crippen LogP contribution in [0.1, 0.15) is 42.6 Å². The summed E-state index contributed by atoms with van der Waals surface area (Å²) in [6, 6.07) is 2.19. The highest BCUT2D eigenvalue weighted by Gasteiger charge is 2.21. The fourth-order valence-corrected chi connectivity index (χ4v) is 1.91. The molecule has 7 nitrogen and oxygen atoms in total. The first-order chi connectivity index (χ1) is 9.42. The van der Waals surface area contributed by atoms with Crippen molar-refractivity contribution < 1.29 is 19.6 Å². The van der Waals surface area contributed by atoms with E-state index >= 15 is 0 Å². The molecule has 0 aliphatic carbocycles. The fraction of sp³-hybridized carbons (Fsp3) is 0.385. The zero-order valence-electron chi connectivity index (χ0n) is 11.3. The summed E-state index contributed by atoms with van der Waals surface area (Å²) in [5.74, 6) is -1.82. The normalized spacial score (nSPS) is 10.1. The van der Waals surface area contributed by atoms with Crippen molar-refractivity contribution in [3.05, 3.63) is 33.4 Å². The van der Waals surface area contributed by atoms with Gasteiger partial charge in [-0.2, -0.15) is 0 Å². The predicted molar refractivity (Wildman–Crippen MR) is 70.3 cm³/mol. The van der Waals surface area contributed by atoms with Crippen LogP contribution in [0.2, 0.25) is 0 Å². The maximum Gasteiger partial charge on any atom is 0.293 e. The Balaban J connectivity index is 3.40. The van der Waals surface area contributed by atoms with E-state index in [-0.39, 0.29) is 41.3 Å². The molecule has 7 heteroatoms. The standard InChI is InChI=1S/C13H16N2O5/c1-3-5-11(16)14-12-8(4-2)9(13(17)18)6-7-10(12)15(19)20/h6-7H,3-5H2,1-2H3,(H,14,16)(H,17,18)/p-1. The molecule has 0 fully saturated rings. The number of amides is 1. The molecule has 1 rings (SSSR count). The molecule has 1 N–H and O–H groups in total. The van der Waals surface area contributed by atoms with Crippen LogP contribution >= 0.6 is 0 Å². The van der Waals surface area contributed by atoms with Crippen molar-refractivity contribution in [1.82, 2.24) is 0 Å². The molecule has 20 heavy (non-hydrogen) atoms. The molecule has 0 bridgehead atoms. The summed E-state index contributed by atoms with van der Waals surface area (Å²) in [7, 11) is 0. The van der Waals surface area contributed by atoms with Crippen molar-refractivity contribution in [2.45, 2.75) is 33.1 Å². The van der Waals surface area contributed by atoms with Crippen LogP contribution in [0.25, 0.3) is 0 Å². The number of nitrogens with one attached hydrogen (secondary N) is 1. The first-order valence-electron chi connectivity index (χ1n) is 6.23. The number of nitro benzene ring substituents is 1. The Kier molecular flexibility index (Phi) is 5.19. The SMILES string of the molecule is CCCC(=O)Nc1c([N+](=O)[O-])ccc(C(=O)[O-])c1CC. The van der Waals surface area contributed by atoms with E-state index in [2.05, 4.69) is 5.32 Å². The number of hydrogen-bond acceptors (Lipinski definition) is 5. The molecule has 0 aromatic heterocycles. The predicted octanol–water partition coefficient (Wildman–Crippen LogP) is 1.26. The van der Waals surface area contributed by atoms with E-state index in [1.54, 1.807) is 13.8 Å². The van der Waals surface area contributed by atoms with Gasteiger partial charge in [-0.1, -0.05) is 13.8 Å². The maximum atomic E-state index is 11.6. The van der Waals surface area contributed by atoms with Gasteiger partial charge in [0.15, 0.2) is 0 Å². The second-order valence-corrected chi connectivity index (χ2v) is 4.18. The fourth-order valence-electron chi connectivity index (χ4n) is 1.91. The second kappa shape index (κ2) is 6.65. The summed E-state index contributed by atoms with van der Waals surface area (Å²) in [5.41, 5.74) is -0.331. The first-order valence-corrected chi connectivity index (χ1v) is 6.23. The number of carbonyl (C=O) groups is 2. The summed E-state index contributed by atoms with van der Waals surface area (Å²) in [5, 5.41) is 24.5. The van der Waals surface area contributed by atoms with E-state index in [1.165, 1.54) is 0 Å². The summed E-state index contributed by atoms with van der Waals surface area (Å²) in [4.78, 5) is 33.0. The second-order valence-electron chi connectivity index (χ2n) is 4.18. The Morgan fingerprint density at radius 2 is 1.95 bits per heavy atom. The summed E-state index contributed by atoms with van der Waals surface area (Å²) in [6.45, 7) is 3.45. The lowest BCUT2D eigenvalue weighted by Crippen LogP contribution is -2.25. The van der Waals surface area contributed by atoms with Gasteiger partial charge in [0.1, 0.15) is 5.69 Å². The third-order valence-corrected chi connectivity index (χ3v) is 2.80. The van der Waals surface area contributed by atoms with E-state index in [0.29, 0.717) is 6.42 Å². The van der Waals surface area contributed by atoms with Gasteiger partial charge in [-0.3, -0.25) is 14.9 Å². The number of carboxylic acid groups (broad SMARTS) is 1. The van der Waals surface area contributed by atoms with Gasteiger partial charge >= 0.3 is 0 Å². The minimum Gasteiger partial charge on any atom is -0.545 e. The summed E-state index contributed by atoms with van der Waals surface area (Å²) in [6.07, 6.45) is 1.02. The average Bonchev–Trinajstić information content (AvgIpc) is 2.37. The monoisotopic (exact) mass is 279 g/mol. The van der Waals surface area contributed by atoms with Gasteiger partial charge in [-0.25, -0.2) is 0 Å². The van der Waals surface area contributed by atoms with Gasteiger partial charge in [0.2, 0.25) is 5.91 Å². The molecule has 0 heterocycles. The molecule has 0 unspecified atom stereocenters. The number of carboxylic acids is 1. The van der Waals surface area contributed by atoms with Crippen LogP contribution in [0.15, 0.2) is 12.1 Å². The van der Waals surface area contributed by atoms with Crippen molar-refractivity contribution >= 4 is 23.3 Å². The van der Waals surface area contributed by atoms with E-state index in [9.17, 15) is 24.8 Å². The Labute approximate surface area is 115 Å². The maximum absolute atomic E-state index is 11.6. The lowest BCUT2D eigenvalue weighted by Gasteiger charge is -2.15. The molecule has 1 aromatic carbocycles. The molecule has 0 aliphatic rings. The van der Waals surface area contributed by atoms with Gasteiger partial charge < -0.3 is 15.2 Å². The lowest BCUT2D eigenvalue weighted by atomic mass is 10.0. The van der Waals surface area contributed by atoms with Gasteiger partial charge in [0.25, 0.3) is 5.69 Å². The third kappa shape index (κ3) is 3.31. The highest BCUT2D eigenvalue weighted by molar-refractivity contribution is 5.98. The molecule has 0 saturated heterocycles. The quantitative estimate of drug-likeness (QED) is 0.622. The van der Waals surface area contributed by atoms with Crippen molar-refractivity contribution in [1.29, 1.82) is 0 Å². The number of nitro groups is 1. The summed E-state index contributed by atoms with van der Waals surface area (Å²) >= 11 is 0. The van der Waals surface area contributed by atoms with Gasteiger partial charge in [0.05, 0.1) is 10.9 Å². The highest BCUT2D eigenvalue weighted by Crippen LogP contribution is 2.31. The molecule has 0 aliphatic heterocycles. The lowest BCUT2D eigenvalue weighted by molar-refractivity contribution is -0.384. The van der Waals surface area contributed by atoms with Crippen molar-refractivity contribution in [2.24, 2.45) is 0 Å². The molecule has 0 spiro atoms. The van der Waals surface area contributed by atoms with Crippen LogP contribution < -0.4 is 10.4 Å². The zero-order chi connectivity index (χ0) is 15.3. The van der Waals surface area contributed by atoms with Crippen LogP contribution in [0, 0.1) is 10.1 Å². The smallest absolute Gasteiger partial charge is 0.293 e. The third-order valence-electron chi connectivity index (χ3n) is 2.80. The van der Waals surface area contributed by atoms with Gasteiger partial charge in [0, 0.05) is 18.1 Å². The number of anilines is 1. The number of rotatable bonds is 6. The molecular formula is C13H15N2O5-. The summed E-state index contributed by atoms with van der Waals surface area (Å²) < 4.78 is 0. The Morgan fingerprint density at radius 1 is 1.30 bits per heavy atom. The molecule has 1 aromatic rings. The minimum absolute atomic E-state index is 0.0577. The number of aromatic carboxylic acids is 1. The van der Waals surface area contributed by atoms with Gasteiger partial charge in [-0.05, 0) is 24.5 Å². The first kappa shape index (κ1) is 15.6. The van der Waals surface area contributed by atoms with E-state index in [4.69, 9.17) is 0 Å². The molecule has 0 atom stereocenters. The zero-order valence-corrected chi connectivity index (χ0v) is 11.3. The molecule has 1 amide bonds. The van der Waals surface area contributed by atoms with E-state index in [1.807, 2.05) is 0 Å². The average molecular weight is 279 g/mol. The topological polar surface area (TPSA) is 112 Å². The van der Waals surface area contributed by atoms with Crippen LogP contribution in [0.3, 0.4) is 0 Å². The number of hydrogen-bond donors (Lipinski definition) is 1. The molecule has 108 valence electrons. The van der Waals surface area contributed by atoms with Crippen molar-refractivity contribution in [3.63, 3.8) is 0 Å². The minimum atomic E-state index is -1.43. The van der Waals surface area contributed by atoms with Crippen LogP contribution in [0.5, 0.6) is 0 Å². The Bertz CT molecular complexity index is 554. The van der Waals surface area contributed by atoms with Crippen molar-refractivity contribution in [3.8, 4) is 0 Å². The molecular weight excluding hydrogens is 264 g/mol. The van der Waals surface area contributed by atoms with E-state index in [0.717, 1.165) is 12.1 Å². The Morgan fingerprint density at radius 3 is 2.40 bits per heavy atom. The molecule has 0 radical (unpaired) electrons. The highest BCUT2D eigenvalue weighted by atomic mass is 16.6. The Hall–Kier alpha value is -2.44. The van der Waals surface area contributed by atoms with E-state index < -0.39 is 10.9 Å². The molecule has 0 saturated carbocycles. The van der Waals surface area contributed by atoms with Crippen molar-refractivity contribution in [2.75, 3.05) is 5.32 Å². The van der Waals surface area contributed by atoms with Crippen LogP contribution in [0.4, 0.5) is 11.4 Å².